The third-order valence-electron chi connectivity index (χ3n) is 1.98. The number of benzene rings is 1. The number of nitrogens with two attached hydrogens (primary N) is 1. The number of rotatable bonds is 1. The maximum atomic E-state index is 11.2. The van der Waals surface area contributed by atoms with Gasteiger partial charge in [-0.2, -0.15) is 0 Å². The van der Waals surface area contributed by atoms with Gasteiger partial charge in [0.15, 0.2) is 0 Å². The van der Waals surface area contributed by atoms with Crippen LogP contribution in [0.2, 0.25) is 0 Å². The van der Waals surface area contributed by atoms with Crippen molar-refractivity contribution in [1.29, 1.82) is 0 Å². The Balaban J connectivity index is 2.77. The molecule has 1 aliphatic rings. The largest absolute Gasteiger partial charge is 0.248 e. The molecule has 74 valence electrons. The molecule has 6 heteroatoms. The Morgan fingerprint density at radius 2 is 2.00 bits per heavy atom. The molecule has 1 aromatic carbocycles. The van der Waals surface area contributed by atoms with Crippen LogP contribution in [0.15, 0.2) is 29.3 Å². The first-order chi connectivity index (χ1) is 6.42. The van der Waals surface area contributed by atoms with Crippen molar-refractivity contribution in [3.8, 4) is 0 Å². The van der Waals surface area contributed by atoms with Crippen molar-refractivity contribution in [3.05, 3.63) is 34.8 Å². The molecule has 0 radical (unpaired) electrons. The number of thiol groups is 1. The molecule has 0 amide bonds. The number of primary sulfonamides is 1. The fraction of sp³-hybridized carbons (Fsp3) is 0.125. The van der Waals surface area contributed by atoms with E-state index in [1.807, 2.05) is 0 Å². The van der Waals surface area contributed by atoms with Crippen LogP contribution in [0, 0.1) is 0 Å². The highest BCUT2D eigenvalue weighted by Crippen LogP contribution is 2.24. The summed E-state index contributed by atoms with van der Waals surface area (Å²) in [6.45, 7) is 0. The third kappa shape index (κ3) is 1.35. The van der Waals surface area contributed by atoms with E-state index in [2.05, 4.69) is 17.6 Å². The number of hydrogen-bond donors (Lipinski definition) is 2. The molecule has 14 heavy (non-hydrogen) atoms. The van der Waals surface area contributed by atoms with Crippen LogP contribution in [-0.2, 0) is 10.0 Å². The molecule has 0 aliphatic carbocycles. The van der Waals surface area contributed by atoms with Gasteiger partial charge in [-0.25, -0.2) is 18.5 Å². The molecule has 0 aromatic heterocycles. The third-order valence-corrected chi connectivity index (χ3v) is 4.02. The van der Waals surface area contributed by atoms with Gasteiger partial charge in [-0.15, -0.1) is 12.6 Å². The van der Waals surface area contributed by atoms with Crippen LogP contribution in [-0.4, -0.2) is 12.6 Å². The Labute approximate surface area is 86.6 Å². The minimum absolute atomic E-state index is 0.594. The Hall–Kier alpha value is -0.850. The molecule has 1 heterocycles. The summed E-state index contributed by atoms with van der Waals surface area (Å²) >= 11 is 3.97. The van der Waals surface area contributed by atoms with E-state index >= 15 is 0 Å². The van der Waals surface area contributed by atoms with Gasteiger partial charge in [0, 0.05) is 5.22 Å². The number of para-hydroxylation sites is 1. The van der Waals surface area contributed by atoms with E-state index in [9.17, 15) is 8.42 Å². The highest BCUT2D eigenvalue weighted by molar-refractivity contribution is 8.05. The van der Waals surface area contributed by atoms with E-state index in [0.717, 1.165) is 5.22 Å². The highest BCUT2D eigenvalue weighted by Gasteiger charge is 2.36. The predicted molar refractivity (Wildman–Crippen MR) is 56.5 cm³/mol. The molecule has 4 nitrogen and oxygen atoms in total. The van der Waals surface area contributed by atoms with Gasteiger partial charge in [-0.3, -0.25) is 0 Å². The van der Waals surface area contributed by atoms with Crippen LogP contribution < -0.4 is 15.7 Å². The average Bonchev–Trinajstić information content (AvgIpc) is 2.40. The van der Waals surface area contributed by atoms with E-state index in [4.69, 9.17) is 5.14 Å². The quantitative estimate of drug-likeness (QED) is 0.603. The first-order valence-corrected chi connectivity index (χ1v) is 5.84. The molecule has 0 fully saturated rings. The molecule has 1 unspecified atom stereocenters. The zero-order valence-electron chi connectivity index (χ0n) is 7.08. The van der Waals surface area contributed by atoms with Crippen molar-refractivity contribution < 1.29 is 8.42 Å². The summed E-state index contributed by atoms with van der Waals surface area (Å²) in [6.07, 6.45) is 1.43. The molecule has 0 bridgehead atoms. The van der Waals surface area contributed by atoms with Crippen molar-refractivity contribution >= 4 is 28.7 Å². The van der Waals surface area contributed by atoms with Gasteiger partial charge >= 0.3 is 0 Å². The number of sulfonamides is 1. The first kappa shape index (κ1) is 9.70. The van der Waals surface area contributed by atoms with Crippen LogP contribution in [0.25, 0.3) is 6.08 Å². The van der Waals surface area contributed by atoms with E-state index in [1.165, 1.54) is 6.08 Å². The lowest BCUT2D eigenvalue weighted by Gasteiger charge is -2.13. The average molecular weight is 228 g/mol. The Bertz CT molecular complexity index is 557. The van der Waals surface area contributed by atoms with Crippen LogP contribution in [0.5, 0.6) is 0 Å². The Morgan fingerprint density at radius 3 is 2.57 bits per heavy atom. The summed E-state index contributed by atoms with van der Waals surface area (Å²) in [4.78, 5) is 3.95. The van der Waals surface area contributed by atoms with Crippen molar-refractivity contribution in [2.45, 2.75) is 4.20 Å². The van der Waals surface area contributed by atoms with Crippen molar-refractivity contribution in [3.63, 3.8) is 0 Å². The number of nitrogens with zero attached hydrogens (tertiary/aromatic N) is 1. The molecule has 2 N–H and O–H groups in total. The second kappa shape index (κ2) is 2.82. The second-order valence-electron chi connectivity index (χ2n) is 3.02. The van der Waals surface area contributed by atoms with Gasteiger partial charge in [0.2, 0.25) is 14.2 Å². The summed E-state index contributed by atoms with van der Waals surface area (Å²) < 4.78 is 20.8. The zero-order chi connectivity index (χ0) is 10.4. The van der Waals surface area contributed by atoms with Crippen LogP contribution in [0.4, 0.5) is 0 Å². The number of hydrogen-bond acceptors (Lipinski definition) is 4. The summed E-state index contributed by atoms with van der Waals surface area (Å²) in [6, 6.07) is 7.06. The smallest absolute Gasteiger partial charge is 0.246 e. The summed E-state index contributed by atoms with van der Waals surface area (Å²) in [5.74, 6) is 0. The SMILES string of the molecule is NS(=O)(=O)C1(S)C=c2ccccc2=N1. The predicted octanol–water partition coefficient (Wildman–Crippen LogP) is -1.03. The minimum atomic E-state index is -3.83. The molecule has 0 saturated carbocycles. The Morgan fingerprint density at radius 1 is 1.36 bits per heavy atom. The molecule has 2 rings (SSSR count). The molecule has 1 atom stereocenters. The summed E-state index contributed by atoms with van der Waals surface area (Å²) in [5.41, 5.74) is 0. The second-order valence-corrected chi connectivity index (χ2v) is 5.72. The van der Waals surface area contributed by atoms with Gasteiger partial charge in [0.25, 0.3) is 0 Å². The van der Waals surface area contributed by atoms with Gasteiger partial charge in [-0.05, 0) is 12.1 Å². The maximum Gasteiger partial charge on any atom is 0.248 e. The highest BCUT2D eigenvalue weighted by atomic mass is 32.3. The van der Waals surface area contributed by atoms with Gasteiger partial charge in [0.1, 0.15) is 0 Å². The van der Waals surface area contributed by atoms with Gasteiger partial charge in [0.05, 0.1) is 5.36 Å². The van der Waals surface area contributed by atoms with Crippen molar-refractivity contribution in [2.75, 3.05) is 0 Å². The normalized spacial score (nSPS) is 25.0. The molecular formula is C8H8N2O2S2. The fourth-order valence-electron chi connectivity index (χ4n) is 1.26. The van der Waals surface area contributed by atoms with Crippen LogP contribution in [0.1, 0.15) is 0 Å². The van der Waals surface area contributed by atoms with E-state index in [0.29, 0.717) is 5.36 Å². The lowest BCUT2D eigenvalue weighted by molar-refractivity contribution is 0.589. The lowest BCUT2D eigenvalue weighted by Crippen LogP contribution is -2.33. The van der Waals surface area contributed by atoms with E-state index in [1.54, 1.807) is 24.3 Å². The Kier molecular flexibility index (Phi) is 1.95. The van der Waals surface area contributed by atoms with Gasteiger partial charge in [-0.1, -0.05) is 18.2 Å². The van der Waals surface area contributed by atoms with Crippen molar-refractivity contribution in [1.82, 2.24) is 0 Å². The number of fused-ring (bicyclic) bond motifs is 1. The zero-order valence-corrected chi connectivity index (χ0v) is 8.79. The fourth-order valence-corrected chi connectivity index (χ4v) is 2.03. The standard InChI is InChI=1S/C8H8N2O2S2/c9-14(11,12)8(13)5-6-3-1-2-4-7(6)10-8/h1-5,13H,(H2,9,11,12). The van der Waals surface area contributed by atoms with E-state index in [-0.39, 0.29) is 0 Å². The topological polar surface area (TPSA) is 72.5 Å². The first-order valence-electron chi connectivity index (χ1n) is 3.85. The lowest BCUT2D eigenvalue weighted by atomic mass is 10.3. The van der Waals surface area contributed by atoms with Crippen LogP contribution >= 0.6 is 12.6 Å². The van der Waals surface area contributed by atoms with E-state index < -0.39 is 14.2 Å². The summed E-state index contributed by atoms with van der Waals surface area (Å²) in [5, 5.41) is 6.35. The van der Waals surface area contributed by atoms with Crippen LogP contribution in [0.3, 0.4) is 0 Å². The summed E-state index contributed by atoms with van der Waals surface area (Å²) in [7, 11) is -3.83. The van der Waals surface area contributed by atoms with Crippen molar-refractivity contribution in [2.24, 2.45) is 10.1 Å². The maximum absolute atomic E-state index is 11.2. The molecule has 0 spiro atoms. The molecule has 1 aliphatic heterocycles. The molecule has 1 aromatic rings. The molecule has 0 saturated heterocycles. The van der Waals surface area contributed by atoms with Gasteiger partial charge < -0.3 is 0 Å². The monoisotopic (exact) mass is 228 g/mol. The molecular weight excluding hydrogens is 220 g/mol. The minimum Gasteiger partial charge on any atom is -0.246 e.